The van der Waals surface area contributed by atoms with E-state index in [2.05, 4.69) is 81.4 Å². The average Bonchev–Trinajstić information content (AvgIpc) is 1.54. The Morgan fingerprint density at radius 2 is 0.815 bits per heavy atom. The predicted octanol–water partition coefficient (Wildman–Crippen LogP) is 9.78. The third-order valence-corrected chi connectivity index (χ3v) is 25.7. The molecule has 6 aromatic rings. The van der Waals surface area contributed by atoms with E-state index in [9.17, 15) is 52.6 Å². The van der Waals surface area contributed by atoms with Crippen LogP contribution in [0, 0.1) is 35.5 Å². The van der Waals surface area contributed by atoms with Crippen molar-refractivity contribution in [3.8, 4) is 0 Å². The number of nitrogens with two attached hydrogens (primary N) is 2. The van der Waals surface area contributed by atoms with E-state index >= 15 is 0 Å². The highest BCUT2D eigenvalue weighted by molar-refractivity contribution is 8.07. The third-order valence-electron chi connectivity index (χ3n) is 21.4. The molecule has 8 saturated heterocycles. The van der Waals surface area contributed by atoms with Crippen molar-refractivity contribution in [1.29, 1.82) is 0 Å². The number of ether oxygens (including phenoxy) is 7. The molecule has 44 heteroatoms. The van der Waals surface area contributed by atoms with Gasteiger partial charge in [-0.15, -0.1) is 0 Å². The van der Waals surface area contributed by atoms with Crippen LogP contribution in [0.25, 0.3) is 22.3 Å². The molecule has 3 unspecified atom stereocenters. The molecule has 0 aromatic carbocycles. The van der Waals surface area contributed by atoms with E-state index in [1.165, 1.54) is 45.4 Å². The minimum atomic E-state index is -4.55. The van der Waals surface area contributed by atoms with E-state index in [0.717, 1.165) is 0 Å². The van der Waals surface area contributed by atoms with Crippen molar-refractivity contribution < 1.29 is 93.7 Å². The van der Waals surface area contributed by atoms with Crippen LogP contribution in [0.3, 0.4) is 0 Å². The Morgan fingerprint density at radius 3 is 1.17 bits per heavy atom. The number of nitrogens with zero attached hydrogens (tertiary/aromatic N) is 12. The maximum atomic E-state index is 13.4. The van der Waals surface area contributed by atoms with E-state index < -0.39 is 157 Å². The number of amides is 2. The van der Waals surface area contributed by atoms with Gasteiger partial charge in [0, 0.05) is 50.5 Å². The molecule has 124 heavy (non-hydrogen) atoms. The quantitative estimate of drug-likeness (QED) is 0.0393. The normalized spacial score (nSPS) is 30.4. The minimum Gasteiger partial charge on any atom is -0.382 e. The molecular weight excluding hydrogens is 1690 g/mol. The zero-order valence-corrected chi connectivity index (χ0v) is 79.7. The number of carbonyl (C=O) groups is 2. The molecule has 8 aliphatic heterocycles. The van der Waals surface area contributed by atoms with Crippen LogP contribution in [0.15, 0.2) is 56.9 Å². The smallest absolute Gasteiger partial charge is 0.382 e. The maximum Gasteiger partial charge on any atom is 0.473 e. The Labute approximate surface area is 726 Å². The number of nitrogen functional groups attached to an aromatic ring is 2. The number of hydrogen-bond donors (Lipinski definition) is 7. The van der Waals surface area contributed by atoms with Crippen LogP contribution in [-0.2, 0) is 90.8 Å². The van der Waals surface area contributed by atoms with Gasteiger partial charge in [-0.1, -0.05) is 83.1 Å². The fourth-order valence-corrected chi connectivity index (χ4v) is 23.0. The summed E-state index contributed by atoms with van der Waals surface area (Å²) in [6.45, 7) is 46.0. The number of aromatic amines is 2. The Morgan fingerprint density at radius 1 is 0.468 bits per heavy atom. The summed E-state index contributed by atoms with van der Waals surface area (Å²) in [5.41, 5.74) is 4.06. The van der Waals surface area contributed by atoms with Crippen molar-refractivity contribution in [1.82, 2.24) is 67.9 Å². The van der Waals surface area contributed by atoms with Crippen LogP contribution in [0.2, 0.25) is 0 Å². The van der Waals surface area contributed by atoms with E-state index in [1.54, 1.807) is 99.0 Å². The highest BCUT2D eigenvalue weighted by Crippen LogP contribution is 2.63. The molecule has 692 valence electrons. The van der Waals surface area contributed by atoms with Crippen molar-refractivity contribution >= 4 is 79.9 Å². The van der Waals surface area contributed by atoms with Crippen LogP contribution in [0.5, 0.6) is 0 Å². The second-order valence-electron chi connectivity index (χ2n) is 42.2. The summed E-state index contributed by atoms with van der Waals surface area (Å²) < 4.78 is 110. The van der Waals surface area contributed by atoms with Crippen molar-refractivity contribution in [2.24, 2.45) is 21.7 Å². The molecule has 40 nitrogen and oxygen atoms in total. The summed E-state index contributed by atoms with van der Waals surface area (Å²) in [5.74, 6) is 0.162. The fraction of sp³-hybridized carbons (Fsp3) is 0.750. The molecule has 14 heterocycles. The van der Waals surface area contributed by atoms with Gasteiger partial charge in [0.1, 0.15) is 83.6 Å². The van der Waals surface area contributed by atoms with Crippen LogP contribution in [0.1, 0.15) is 241 Å². The topological polar surface area (TPSA) is 504 Å². The lowest BCUT2D eigenvalue weighted by atomic mass is 9.76. The molecule has 8 bridgehead atoms. The van der Waals surface area contributed by atoms with Gasteiger partial charge >= 0.3 is 33.7 Å². The molecule has 14 rings (SSSR count). The standard InChI is InChI=1S/C20H31N6O6P.C20H30N6O3.C20H33N2O8P.C20H33N2O7PS/c1-18(2,3)8-20-13(31-33(28,29)32-19(4,5)6)12(25(7)17(20)27)16(30-20)26-10-24-11-14(21)22-9-23-15(11)26;1-18(2,3)8-20-13(28-19(4,5)6)12(25(7)17(20)27)16(29-20)26-10-24-11-14(21)22-9-23-15(11)26;1-12-10-22(17(24)21-15(12)23)16-13-14(29-31(25,26)30-19(5,6)7)20(28-16,8-9-27-13)11-18(2,3)4;1-12-10-22(17(24)21-15(12)23)16-13-14(28-30(25,31)29-19(5,6)7)20(27-16,8-9-26-13)11-18(2,3)4/h9-10,12-13,16H,8H2,1-7H3,(H,28,29)(H2,21,22,23);9-10,12-13,16H,8H2,1-7H3,(H2,21,22,23);10,13-14,16H,8-9,11H2,1-7H3,(H,25,26)(H,21,23,24);10,13-14,16H,8-9,11H2,1-7H3,(H,25,31)(H,21,23,24)/t2*12-,13+,16-,20-;13-,14+,16-,20-;13-,14+,16-,20-,30?/m1111/s1. The third kappa shape index (κ3) is 21.1. The maximum absolute atomic E-state index is 13.4. The van der Waals surface area contributed by atoms with Gasteiger partial charge < -0.3 is 73.6 Å². The number of nitrogens with one attached hydrogen (secondary N) is 2. The number of likely N-dealkylation sites (tertiary alicyclic amines) is 2. The van der Waals surface area contributed by atoms with E-state index in [-0.39, 0.29) is 51.8 Å². The highest BCUT2D eigenvalue weighted by atomic mass is 32.5. The summed E-state index contributed by atoms with van der Waals surface area (Å²) in [4.78, 5) is 140. The summed E-state index contributed by atoms with van der Waals surface area (Å²) in [7, 11) is -5.59. The van der Waals surface area contributed by atoms with Crippen molar-refractivity contribution in [3.05, 3.63) is 90.5 Å². The van der Waals surface area contributed by atoms with Crippen molar-refractivity contribution in [3.63, 3.8) is 0 Å². The number of likely N-dealkylation sites (N-methyl/N-ethyl adjacent to an activating group) is 2. The zero-order valence-electron chi connectivity index (χ0n) is 76.2. The Hall–Kier alpha value is -6.53. The molecule has 9 N–H and O–H groups in total. The van der Waals surface area contributed by atoms with Crippen LogP contribution in [0.4, 0.5) is 11.6 Å². The Balaban J connectivity index is 0.000000161. The van der Waals surface area contributed by atoms with Gasteiger partial charge in [-0.25, -0.2) is 48.6 Å². The van der Waals surface area contributed by atoms with Gasteiger partial charge in [-0.2, -0.15) is 0 Å². The Kier molecular flexibility index (Phi) is 26.7. The van der Waals surface area contributed by atoms with Gasteiger partial charge in [0.15, 0.2) is 59.0 Å². The molecule has 0 radical (unpaired) electrons. The second kappa shape index (κ2) is 33.8. The molecule has 6 aromatic heterocycles. The Bertz CT molecular complexity index is 5230. The summed E-state index contributed by atoms with van der Waals surface area (Å²) >= 11 is 5.31. The summed E-state index contributed by atoms with van der Waals surface area (Å²) in [6.07, 6.45) is 3.73. The molecule has 0 aliphatic carbocycles. The molecular formula is C80H127N16O24P3S. The van der Waals surface area contributed by atoms with Crippen molar-refractivity contribution in [2.75, 3.05) is 38.8 Å². The first-order chi connectivity index (χ1) is 56.4. The number of aryl methyl sites for hydroxylation is 2. The molecule has 0 saturated carbocycles. The highest BCUT2D eigenvalue weighted by Gasteiger charge is 2.74. The van der Waals surface area contributed by atoms with E-state index in [4.69, 9.17) is 83.6 Å². The number of carbonyl (C=O) groups excluding carboxylic acids is 2. The number of phosphoric acid groups is 2. The predicted molar refractivity (Wildman–Crippen MR) is 459 cm³/mol. The number of anilines is 2. The molecule has 8 aliphatic rings. The number of fused-ring (bicyclic) bond motifs is 10. The molecule has 2 amide bonds. The number of imidazole rings is 2. The number of hydrogen-bond acceptors (Lipinski definition) is 30. The lowest BCUT2D eigenvalue weighted by molar-refractivity contribution is -0.186. The first-order valence-electron chi connectivity index (χ1n) is 41.3. The lowest BCUT2D eigenvalue weighted by Crippen LogP contribution is -2.52. The first-order valence-corrected chi connectivity index (χ1v) is 46.8. The monoisotopic (exact) mass is 1820 g/mol. The lowest BCUT2D eigenvalue weighted by Gasteiger charge is -2.43. The zero-order chi connectivity index (χ0) is 92.7. The van der Waals surface area contributed by atoms with Gasteiger partial charge in [0.2, 0.25) is 0 Å². The van der Waals surface area contributed by atoms with E-state index in [0.29, 0.717) is 84.6 Å². The van der Waals surface area contributed by atoms with Crippen molar-refractivity contribution in [2.45, 2.75) is 337 Å². The van der Waals surface area contributed by atoms with Crippen LogP contribution >= 0.6 is 22.4 Å². The second-order valence-corrected chi connectivity index (χ2v) is 47.6. The van der Waals surface area contributed by atoms with Gasteiger partial charge in [0.25, 0.3) is 22.9 Å². The van der Waals surface area contributed by atoms with Gasteiger partial charge in [-0.05, 0) is 156 Å². The number of phosphoric ester groups is 2. The molecule has 8 fully saturated rings. The first kappa shape index (κ1) is 98.1. The van der Waals surface area contributed by atoms with Crippen LogP contribution < -0.4 is 34.0 Å². The summed E-state index contributed by atoms with van der Waals surface area (Å²) in [6, 6.07) is -1.05. The largest absolute Gasteiger partial charge is 0.473 e. The van der Waals surface area contributed by atoms with Gasteiger partial charge in [-0.3, -0.25) is 70.0 Å². The fourth-order valence-electron chi connectivity index (χ4n) is 18.0. The number of aromatic nitrogens is 12. The minimum absolute atomic E-state index is 0.0403. The summed E-state index contributed by atoms with van der Waals surface area (Å²) in [5, 5.41) is 0. The molecule has 0 spiro atoms. The number of rotatable bonds is 18. The number of morpholine rings is 2. The van der Waals surface area contributed by atoms with Crippen LogP contribution in [-0.4, -0.2) is 215 Å². The van der Waals surface area contributed by atoms with Gasteiger partial charge in [0.05, 0.1) is 48.3 Å². The van der Waals surface area contributed by atoms with E-state index in [1.807, 2.05) is 73.9 Å². The average molecular weight is 1820 g/mol. The molecule has 19 atom stereocenters. The number of H-pyrrole nitrogens is 2. The SMILES string of the molecule is CN1C(=O)[C@]2(CC(C)(C)C)O[C@@H](n3cnc4c(N)ncnc43)[C@H]1[C@@H]2OC(C)(C)C.CN1C(=O)[C@]2(CC(C)(C)C)O[C@@H](n3cnc4c(N)ncnc43)[C@H]1[C@@H]2OP(=O)(O)OC(C)(C)C.Cc1cn([C@@H]2O[C@@]3(CC(C)(C)C)CCO[C@@H]2[C@@H]3OP(=O)(O)OC(C)(C)C)c(=O)[nH]c1=O.Cc1cn([C@@H]2O[C@@]3(CC(C)(C)C)CCO[C@@H]2[C@@H]3OP(O)(=S)OC(C)(C)C)c(=O)[nH]c1=O.